The number of aromatic nitrogens is 3. The van der Waals surface area contributed by atoms with E-state index in [9.17, 15) is 13.2 Å². The number of carbonyl (C=O) groups is 1. The Balaban J connectivity index is 1.46. The summed E-state index contributed by atoms with van der Waals surface area (Å²) in [5.41, 5.74) is 3.57. The first-order valence-corrected chi connectivity index (χ1v) is 12.3. The smallest absolute Gasteiger partial charge is 0.282 e. The fourth-order valence-corrected chi connectivity index (χ4v) is 6.71. The maximum atomic E-state index is 13.0. The van der Waals surface area contributed by atoms with Gasteiger partial charge in [-0.2, -0.15) is 5.10 Å². The summed E-state index contributed by atoms with van der Waals surface area (Å²) in [4.78, 5) is 20.2. The Morgan fingerprint density at radius 1 is 1.33 bits per heavy atom. The van der Waals surface area contributed by atoms with E-state index in [1.807, 2.05) is 24.4 Å². The summed E-state index contributed by atoms with van der Waals surface area (Å²) >= 11 is 1.36. The van der Waals surface area contributed by atoms with Crippen LogP contribution in [0.5, 0.6) is 5.75 Å². The molecule has 5 rings (SSSR count). The van der Waals surface area contributed by atoms with E-state index in [4.69, 9.17) is 4.74 Å². The van der Waals surface area contributed by atoms with Gasteiger partial charge in [-0.05, 0) is 24.1 Å². The summed E-state index contributed by atoms with van der Waals surface area (Å²) in [6.45, 7) is 0.501. The zero-order valence-electron chi connectivity index (χ0n) is 16.3. The van der Waals surface area contributed by atoms with Crippen LogP contribution in [0, 0.1) is 0 Å². The molecule has 8 nitrogen and oxygen atoms in total. The van der Waals surface area contributed by atoms with E-state index in [1.54, 1.807) is 13.2 Å². The molecule has 10 heteroatoms. The van der Waals surface area contributed by atoms with Crippen molar-refractivity contribution >= 4 is 27.1 Å². The predicted octanol–water partition coefficient (Wildman–Crippen LogP) is 2.39. The first kappa shape index (κ1) is 19.3. The lowest BCUT2D eigenvalue weighted by Crippen LogP contribution is -2.37. The number of rotatable bonds is 3. The molecule has 2 aromatic heterocycles. The van der Waals surface area contributed by atoms with Gasteiger partial charge in [-0.1, -0.05) is 6.07 Å². The number of H-pyrrole nitrogens is 1. The van der Waals surface area contributed by atoms with Crippen LogP contribution in [-0.4, -0.2) is 65.6 Å². The number of carbonyl (C=O) groups excluding carboxylic acids is 1. The van der Waals surface area contributed by atoms with Gasteiger partial charge in [0.25, 0.3) is 5.91 Å². The molecule has 2 aliphatic heterocycles. The summed E-state index contributed by atoms with van der Waals surface area (Å²) in [5, 5.41) is 7.19. The Labute approximate surface area is 177 Å². The highest BCUT2D eigenvalue weighted by Crippen LogP contribution is 2.40. The van der Waals surface area contributed by atoms with Crippen LogP contribution in [0.4, 0.5) is 0 Å². The van der Waals surface area contributed by atoms with Crippen LogP contribution < -0.4 is 4.74 Å². The molecular weight excluding hydrogens is 424 g/mol. The van der Waals surface area contributed by atoms with Gasteiger partial charge in [0.1, 0.15) is 5.75 Å². The van der Waals surface area contributed by atoms with Crippen molar-refractivity contribution in [3.63, 3.8) is 0 Å². The van der Waals surface area contributed by atoms with Gasteiger partial charge in [0.05, 0.1) is 30.0 Å². The van der Waals surface area contributed by atoms with Crippen molar-refractivity contribution in [1.82, 2.24) is 20.1 Å². The maximum absolute atomic E-state index is 13.0. The molecule has 1 aromatic carbocycles. The molecule has 2 aliphatic rings. The molecule has 30 heavy (non-hydrogen) atoms. The van der Waals surface area contributed by atoms with Gasteiger partial charge in [0.2, 0.25) is 0 Å². The van der Waals surface area contributed by atoms with Gasteiger partial charge in [0, 0.05) is 41.7 Å². The molecule has 0 saturated carbocycles. The van der Waals surface area contributed by atoms with E-state index in [1.165, 1.54) is 16.2 Å². The quantitative estimate of drug-likeness (QED) is 0.665. The van der Waals surface area contributed by atoms with Crippen LogP contribution in [0.1, 0.15) is 21.1 Å². The molecule has 0 aliphatic carbocycles. The third-order valence-corrected chi connectivity index (χ3v) is 8.47. The number of aromatic amines is 1. The summed E-state index contributed by atoms with van der Waals surface area (Å²) in [6.07, 6.45) is 4.71. The molecule has 156 valence electrons. The van der Waals surface area contributed by atoms with Gasteiger partial charge in [0.15, 0.2) is 14.8 Å². The average Bonchev–Trinajstić information content (AvgIpc) is 3.45. The number of nitrogens with one attached hydrogen (secondary N) is 1. The molecular formula is C20H20N4O4S2. The minimum atomic E-state index is -3.06. The molecule has 0 bridgehead atoms. The number of ether oxygens (including phenoxy) is 1. The maximum Gasteiger partial charge on any atom is 0.282 e. The Morgan fingerprint density at radius 3 is 2.93 bits per heavy atom. The van der Waals surface area contributed by atoms with Crippen LogP contribution in [0.15, 0.2) is 30.6 Å². The lowest BCUT2D eigenvalue weighted by Gasteiger charge is -2.22. The van der Waals surface area contributed by atoms with Gasteiger partial charge in [-0.15, -0.1) is 11.3 Å². The van der Waals surface area contributed by atoms with Crippen molar-refractivity contribution in [3.05, 3.63) is 40.5 Å². The van der Waals surface area contributed by atoms with Gasteiger partial charge < -0.3 is 9.64 Å². The number of nitrogens with zero attached hydrogens (tertiary/aromatic N) is 3. The van der Waals surface area contributed by atoms with Crippen LogP contribution in [0.25, 0.3) is 22.4 Å². The fourth-order valence-electron chi connectivity index (χ4n) is 3.90. The molecule has 1 amide bonds. The largest absolute Gasteiger partial charge is 0.492 e. The molecule has 1 saturated heterocycles. The number of thiazole rings is 1. The second-order valence-corrected chi connectivity index (χ2v) is 10.9. The minimum absolute atomic E-state index is 0.0216. The molecule has 0 spiro atoms. The van der Waals surface area contributed by atoms with Crippen molar-refractivity contribution in [2.24, 2.45) is 0 Å². The zero-order valence-corrected chi connectivity index (χ0v) is 17.9. The van der Waals surface area contributed by atoms with Gasteiger partial charge >= 0.3 is 0 Å². The zero-order chi connectivity index (χ0) is 20.9. The monoisotopic (exact) mass is 444 g/mol. The Bertz CT molecular complexity index is 1220. The highest BCUT2D eigenvalue weighted by Gasteiger charge is 2.34. The highest BCUT2D eigenvalue weighted by molar-refractivity contribution is 7.91. The normalized spacial score (nSPS) is 19.4. The SMILES string of the molecule is CN(C(=O)c1nc2c(s1)CCOc1cc(-c3cn[nH]c3)ccc1-2)C1CCS(=O)(=O)C1. The first-order chi connectivity index (χ1) is 14.4. The number of benzene rings is 1. The predicted molar refractivity (Wildman–Crippen MR) is 113 cm³/mol. The Kier molecular flexibility index (Phi) is 4.62. The molecule has 3 aromatic rings. The van der Waals surface area contributed by atoms with Crippen LogP contribution in [-0.2, 0) is 16.3 Å². The van der Waals surface area contributed by atoms with Gasteiger partial charge in [-0.25, -0.2) is 13.4 Å². The third-order valence-electron chi connectivity index (χ3n) is 5.61. The highest BCUT2D eigenvalue weighted by atomic mass is 32.2. The molecule has 4 heterocycles. The standard InChI is InChI=1S/C20H20N4O4S2/c1-24(14-5-7-30(26,27)11-14)20(25)19-23-18-15-3-2-12(13-9-21-22-10-13)8-16(15)28-6-4-17(18)29-19/h2-3,8-10,14H,4-7,11H2,1H3,(H,21,22). The summed E-state index contributed by atoms with van der Waals surface area (Å²) in [7, 11) is -1.40. The summed E-state index contributed by atoms with van der Waals surface area (Å²) in [5.74, 6) is 0.654. The average molecular weight is 445 g/mol. The van der Waals surface area contributed by atoms with E-state index in [0.717, 1.165) is 33.0 Å². The van der Waals surface area contributed by atoms with Crippen molar-refractivity contribution in [2.45, 2.75) is 18.9 Å². The molecule has 1 atom stereocenters. The van der Waals surface area contributed by atoms with Crippen molar-refractivity contribution in [3.8, 4) is 28.1 Å². The van der Waals surface area contributed by atoms with Gasteiger partial charge in [-0.3, -0.25) is 9.89 Å². The molecule has 1 N–H and O–H groups in total. The van der Waals surface area contributed by atoms with E-state index in [-0.39, 0.29) is 23.5 Å². The molecule has 0 radical (unpaired) electrons. The molecule has 1 unspecified atom stereocenters. The number of amides is 1. The second-order valence-electron chi connectivity index (χ2n) is 7.56. The van der Waals surface area contributed by atoms with Crippen LogP contribution in [0.2, 0.25) is 0 Å². The van der Waals surface area contributed by atoms with Crippen LogP contribution in [0.3, 0.4) is 0 Å². The number of fused-ring (bicyclic) bond motifs is 3. The topological polar surface area (TPSA) is 105 Å². The van der Waals surface area contributed by atoms with E-state index in [2.05, 4.69) is 15.2 Å². The fraction of sp³-hybridized carbons (Fsp3) is 0.350. The first-order valence-electron chi connectivity index (χ1n) is 9.65. The molecule has 1 fully saturated rings. The lowest BCUT2D eigenvalue weighted by atomic mass is 10.0. The van der Waals surface area contributed by atoms with Crippen molar-refractivity contribution in [2.75, 3.05) is 25.2 Å². The minimum Gasteiger partial charge on any atom is -0.492 e. The Morgan fingerprint density at radius 2 is 2.20 bits per heavy atom. The number of hydrogen-bond acceptors (Lipinski definition) is 7. The summed E-state index contributed by atoms with van der Waals surface area (Å²) in [6, 6.07) is 5.62. The van der Waals surface area contributed by atoms with Crippen molar-refractivity contribution < 1.29 is 17.9 Å². The van der Waals surface area contributed by atoms with Crippen LogP contribution >= 0.6 is 11.3 Å². The number of sulfone groups is 1. The Hall–Kier alpha value is -2.72. The van der Waals surface area contributed by atoms with E-state index in [0.29, 0.717) is 24.5 Å². The van der Waals surface area contributed by atoms with E-state index < -0.39 is 9.84 Å². The lowest BCUT2D eigenvalue weighted by molar-refractivity contribution is 0.0747. The second kappa shape index (κ2) is 7.21. The van der Waals surface area contributed by atoms with Crippen molar-refractivity contribution in [1.29, 1.82) is 0 Å². The van der Waals surface area contributed by atoms with E-state index >= 15 is 0 Å². The number of hydrogen-bond donors (Lipinski definition) is 1. The summed E-state index contributed by atoms with van der Waals surface area (Å²) < 4.78 is 29.5. The third kappa shape index (κ3) is 3.39.